The van der Waals surface area contributed by atoms with Crippen LogP contribution in [0.3, 0.4) is 0 Å². The SMILES string of the molecule is CC1(C(=O)NC2CC3CCC(C2)N3)CCCc2ccccc21. The summed E-state index contributed by atoms with van der Waals surface area (Å²) in [6.07, 6.45) is 7.93. The van der Waals surface area contributed by atoms with Gasteiger partial charge in [0.1, 0.15) is 0 Å². The lowest BCUT2D eigenvalue weighted by Crippen LogP contribution is -2.53. The van der Waals surface area contributed by atoms with Crippen molar-refractivity contribution in [3.63, 3.8) is 0 Å². The van der Waals surface area contributed by atoms with Crippen LogP contribution in [0.4, 0.5) is 0 Å². The number of aryl methyl sites for hydroxylation is 1. The molecule has 1 aliphatic carbocycles. The van der Waals surface area contributed by atoms with Gasteiger partial charge in [0.2, 0.25) is 5.91 Å². The van der Waals surface area contributed by atoms with Crippen LogP contribution in [0, 0.1) is 0 Å². The zero-order valence-corrected chi connectivity index (χ0v) is 13.4. The molecule has 1 aromatic carbocycles. The third-order valence-electron chi connectivity index (χ3n) is 6.04. The van der Waals surface area contributed by atoms with Gasteiger partial charge in [-0.05, 0) is 63.0 Å². The predicted molar refractivity (Wildman–Crippen MR) is 87.8 cm³/mol. The quantitative estimate of drug-likeness (QED) is 0.881. The molecule has 2 aliphatic heterocycles. The van der Waals surface area contributed by atoms with E-state index < -0.39 is 0 Å². The molecule has 2 saturated heterocycles. The zero-order chi connectivity index (χ0) is 15.2. The monoisotopic (exact) mass is 298 g/mol. The molecule has 1 amide bonds. The molecule has 0 spiro atoms. The summed E-state index contributed by atoms with van der Waals surface area (Å²) in [6.45, 7) is 2.13. The molecule has 3 aliphatic rings. The fourth-order valence-electron chi connectivity index (χ4n) is 4.80. The van der Waals surface area contributed by atoms with Crippen LogP contribution in [-0.4, -0.2) is 24.0 Å². The second-order valence-electron chi connectivity index (χ2n) is 7.62. The molecule has 3 nitrogen and oxygen atoms in total. The molecular weight excluding hydrogens is 272 g/mol. The van der Waals surface area contributed by atoms with Crippen molar-refractivity contribution in [3.05, 3.63) is 35.4 Å². The van der Waals surface area contributed by atoms with E-state index in [9.17, 15) is 4.79 Å². The van der Waals surface area contributed by atoms with Gasteiger partial charge in [-0.25, -0.2) is 0 Å². The van der Waals surface area contributed by atoms with Gasteiger partial charge in [0.25, 0.3) is 0 Å². The Morgan fingerprint density at radius 3 is 2.73 bits per heavy atom. The van der Waals surface area contributed by atoms with E-state index in [1.165, 1.54) is 24.0 Å². The number of nitrogens with one attached hydrogen (secondary N) is 2. The lowest BCUT2D eigenvalue weighted by atomic mass is 9.70. The van der Waals surface area contributed by atoms with Gasteiger partial charge < -0.3 is 10.6 Å². The first-order valence-corrected chi connectivity index (χ1v) is 8.80. The number of piperidine rings is 1. The molecule has 0 saturated carbocycles. The number of benzene rings is 1. The average Bonchev–Trinajstić information content (AvgIpc) is 2.86. The van der Waals surface area contributed by atoms with Gasteiger partial charge in [-0.15, -0.1) is 0 Å². The van der Waals surface area contributed by atoms with Gasteiger partial charge in [0.05, 0.1) is 5.41 Å². The highest BCUT2D eigenvalue weighted by atomic mass is 16.2. The lowest BCUT2D eigenvalue weighted by molar-refractivity contribution is -0.127. The Kier molecular flexibility index (Phi) is 3.48. The average molecular weight is 298 g/mol. The van der Waals surface area contributed by atoms with Crippen LogP contribution in [0.15, 0.2) is 24.3 Å². The molecule has 2 bridgehead atoms. The number of hydrogen-bond donors (Lipinski definition) is 2. The Labute approximate surface area is 132 Å². The summed E-state index contributed by atoms with van der Waals surface area (Å²) in [5.41, 5.74) is 2.26. The van der Waals surface area contributed by atoms with Crippen LogP contribution in [0.2, 0.25) is 0 Å². The van der Waals surface area contributed by atoms with Gasteiger partial charge in [-0.2, -0.15) is 0 Å². The Morgan fingerprint density at radius 1 is 1.23 bits per heavy atom. The molecule has 0 radical (unpaired) electrons. The van der Waals surface area contributed by atoms with Crippen LogP contribution in [0.1, 0.15) is 56.6 Å². The summed E-state index contributed by atoms with van der Waals surface area (Å²) in [4.78, 5) is 13.1. The van der Waals surface area contributed by atoms with Gasteiger partial charge in [-0.1, -0.05) is 24.3 Å². The summed E-state index contributed by atoms with van der Waals surface area (Å²) in [7, 11) is 0. The van der Waals surface area contributed by atoms with Crippen LogP contribution < -0.4 is 10.6 Å². The molecule has 2 N–H and O–H groups in total. The third-order valence-corrected chi connectivity index (χ3v) is 6.04. The van der Waals surface area contributed by atoms with Crippen LogP contribution in [0.25, 0.3) is 0 Å². The van der Waals surface area contributed by atoms with Crippen molar-refractivity contribution in [3.8, 4) is 0 Å². The Morgan fingerprint density at radius 2 is 1.95 bits per heavy atom. The summed E-state index contributed by atoms with van der Waals surface area (Å²) in [6, 6.07) is 10.1. The van der Waals surface area contributed by atoms with E-state index in [4.69, 9.17) is 0 Å². The third kappa shape index (κ3) is 2.36. The largest absolute Gasteiger partial charge is 0.352 e. The van der Waals surface area contributed by atoms with Crippen molar-refractivity contribution in [2.75, 3.05) is 0 Å². The molecule has 3 unspecified atom stereocenters. The first-order valence-electron chi connectivity index (χ1n) is 8.80. The standard InChI is InChI=1S/C19H26N2O/c1-19(10-4-6-13-5-2-3-7-17(13)19)18(22)21-16-11-14-8-9-15(12-16)20-14/h2-3,5,7,14-16,20H,4,6,8-12H2,1H3,(H,21,22). The van der Waals surface area contributed by atoms with Crippen LogP contribution in [-0.2, 0) is 16.6 Å². The zero-order valence-electron chi connectivity index (χ0n) is 13.4. The minimum absolute atomic E-state index is 0.242. The highest BCUT2D eigenvalue weighted by Crippen LogP contribution is 2.38. The van der Waals surface area contributed by atoms with E-state index in [1.807, 2.05) is 0 Å². The fourth-order valence-corrected chi connectivity index (χ4v) is 4.80. The minimum Gasteiger partial charge on any atom is -0.352 e. The second kappa shape index (κ2) is 5.38. The maximum absolute atomic E-state index is 13.1. The van der Waals surface area contributed by atoms with Gasteiger partial charge >= 0.3 is 0 Å². The van der Waals surface area contributed by atoms with E-state index in [1.54, 1.807) is 0 Å². The van der Waals surface area contributed by atoms with E-state index in [-0.39, 0.29) is 11.3 Å². The highest BCUT2D eigenvalue weighted by molar-refractivity contribution is 5.88. The number of fused-ring (bicyclic) bond motifs is 3. The number of carbonyl (C=O) groups is 1. The first-order chi connectivity index (χ1) is 10.6. The van der Waals surface area contributed by atoms with E-state index in [0.29, 0.717) is 18.1 Å². The van der Waals surface area contributed by atoms with Crippen molar-refractivity contribution >= 4 is 5.91 Å². The number of rotatable bonds is 2. The highest BCUT2D eigenvalue weighted by Gasteiger charge is 2.41. The topological polar surface area (TPSA) is 41.1 Å². The van der Waals surface area contributed by atoms with Gasteiger partial charge in [-0.3, -0.25) is 4.79 Å². The Balaban J connectivity index is 1.53. The molecule has 2 heterocycles. The van der Waals surface area contributed by atoms with Crippen molar-refractivity contribution in [2.24, 2.45) is 0 Å². The number of amides is 1. The second-order valence-corrected chi connectivity index (χ2v) is 7.62. The Hall–Kier alpha value is -1.35. The molecule has 3 atom stereocenters. The number of hydrogen-bond acceptors (Lipinski definition) is 2. The van der Waals surface area contributed by atoms with Crippen molar-refractivity contribution < 1.29 is 4.79 Å². The maximum atomic E-state index is 13.1. The van der Waals surface area contributed by atoms with E-state index in [2.05, 4.69) is 41.8 Å². The van der Waals surface area contributed by atoms with E-state index >= 15 is 0 Å². The van der Waals surface area contributed by atoms with Gasteiger partial charge in [0.15, 0.2) is 0 Å². The van der Waals surface area contributed by atoms with E-state index in [0.717, 1.165) is 32.1 Å². The molecule has 2 fully saturated rings. The molecule has 118 valence electrons. The molecule has 22 heavy (non-hydrogen) atoms. The fraction of sp³-hybridized carbons (Fsp3) is 0.632. The Bertz CT molecular complexity index is 573. The smallest absolute Gasteiger partial charge is 0.230 e. The van der Waals surface area contributed by atoms with Gasteiger partial charge in [0, 0.05) is 18.1 Å². The molecule has 0 aromatic heterocycles. The molecule has 3 heteroatoms. The first kappa shape index (κ1) is 14.3. The number of carbonyl (C=O) groups excluding carboxylic acids is 1. The molecular formula is C19H26N2O. The van der Waals surface area contributed by atoms with Crippen LogP contribution >= 0.6 is 0 Å². The van der Waals surface area contributed by atoms with Crippen LogP contribution in [0.5, 0.6) is 0 Å². The predicted octanol–water partition coefficient (Wildman–Crippen LogP) is 2.68. The summed E-state index contributed by atoms with van der Waals surface area (Å²) in [5.74, 6) is 0.242. The minimum atomic E-state index is -0.348. The molecule has 4 rings (SSSR count). The van der Waals surface area contributed by atoms with Crippen molar-refractivity contribution in [2.45, 2.75) is 75.4 Å². The normalized spacial score (nSPS) is 36.7. The summed E-state index contributed by atoms with van der Waals surface area (Å²) < 4.78 is 0. The summed E-state index contributed by atoms with van der Waals surface area (Å²) in [5, 5.41) is 7.04. The molecule has 1 aromatic rings. The van der Waals surface area contributed by atoms with Crippen molar-refractivity contribution in [1.29, 1.82) is 0 Å². The summed E-state index contributed by atoms with van der Waals surface area (Å²) >= 11 is 0. The van der Waals surface area contributed by atoms with Crippen molar-refractivity contribution in [1.82, 2.24) is 10.6 Å². The lowest BCUT2D eigenvalue weighted by Gasteiger charge is -2.37. The maximum Gasteiger partial charge on any atom is 0.230 e.